The smallest absolute Gasteiger partial charge is 0.244 e. The van der Waals surface area contributed by atoms with Crippen LogP contribution >= 0.6 is 0 Å². The summed E-state index contributed by atoms with van der Waals surface area (Å²) in [6, 6.07) is 0. The molecule has 0 nitrogen and oxygen atoms in total. The molecule has 78 valence electrons. The Hall–Kier alpha value is -0.680. The van der Waals surface area contributed by atoms with Gasteiger partial charge in [-0.25, -0.2) is 13.2 Å². The number of hydrogen-bond donors (Lipinski definition) is 0. The zero-order valence-corrected chi connectivity index (χ0v) is 6.49. The summed E-state index contributed by atoms with van der Waals surface area (Å²) in [6.07, 6.45) is -14.3. The molecule has 3 atom stereocenters. The fourth-order valence-electron chi connectivity index (χ4n) is 0.609. The van der Waals surface area contributed by atoms with Crippen molar-refractivity contribution in [3.63, 3.8) is 0 Å². The molecular weight excluding hydrogens is 198 g/mol. The van der Waals surface area contributed by atoms with Crippen LogP contribution in [0.3, 0.4) is 0 Å². The summed E-state index contributed by atoms with van der Waals surface area (Å²) in [5.74, 6) is 0. The maximum absolute atomic E-state index is 12.4. The van der Waals surface area contributed by atoms with Crippen LogP contribution in [0, 0.1) is 0 Å². The van der Waals surface area contributed by atoms with Crippen molar-refractivity contribution in [2.75, 3.05) is 0 Å². The van der Waals surface area contributed by atoms with E-state index in [9.17, 15) is 26.3 Å². The third-order valence-electron chi connectivity index (χ3n) is 1.36. The molecule has 0 aliphatic rings. The normalized spacial score (nSPS) is 19.2. The fraction of sp³-hybridized carbons (Fsp3) is 0.714. The zero-order chi connectivity index (χ0) is 10.6. The van der Waals surface area contributed by atoms with Gasteiger partial charge >= 0.3 is 6.18 Å². The second-order valence-electron chi connectivity index (χ2n) is 2.44. The molecule has 3 unspecified atom stereocenters. The monoisotopic (exact) mass is 206 g/mol. The lowest BCUT2D eigenvalue weighted by atomic mass is 10.1. The van der Waals surface area contributed by atoms with Crippen LogP contribution in [0.15, 0.2) is 12.7 Å². The second kappa shape index (κ2) is 4.53. The minimum absolute atomic E-state index is 0.494. The van der Waals surface area contributed by atoms with E-state index in [-0.39, 0.29) is 0 Å². The van der Waals surface area contributed by atoms with Crippen molar-refractivity contribution in [3.8, 4) is 0 Å². The van der Waals surface area contributed by atoms with Gasteiger partial charge in [-0.05, 0) is 0 Å². The predicted octanol–water partition coefficient (Wildman–Crippen LogP) is 3.14. The van der Waals surface area contributed by atoms with Gasteiger partial charge in [0.25, 0.3) is 0 Å². The van der Waals surface area contributed by atoms with Crippen LogP contribution in [0.4, 0.5) is 26.3 Å². The van der Waals surface area contributed by atoms with Gasteiger partial charge in [0, 0.05) is 6.42 Å². The maximum Gasteiger partial charge on any atom is 0.419 e. The molecule has 0 spiro atoms. The van der Waals surface area contributed by atoms with Gasteiger partial charge in [-0.1, -0.05) is 6.08 Å². The number of halogens is 6. The Morgan fingerprint density at radius 1 is 1.15 bits per heavy atom. The average molecular weight is 206 g/mol. The van der Waals surface area contributed by atoms with E-state index in [4.69, 9.17) is 0 Å². The molecular formula is C7H8F6. The molecule has 0 amide bonds. The Balaban J connectivity index is 4.06. The summed E-state index contributed by atoms with van der Waals surface area (Å²) >= 11 is 0. The van der Waals surface area contributed by atoms with Gasteiger partial charge in [0.05, 0.1) is 0 Å². The molecule has 0 aliphatic carbocycles. The van der Waals surface area contributed by atoms with Crippen LogP contribution in [-0.2, 0) is 0 Å². The van der Waals surface area contributed by atoms with Crippen molar-refractivity contribution < 1.29 is 26.3 Å². The van der Waals surface area contributed by atoms with Gasteiger partial charge in [-0.15, -0.1) is 6.58 Å². The molecule has 0 saturated heterocycles. The highest BCUT2D eigenvalue weighted by Gasteiger charge is 2.42. The van der Waals surface area contributed by atoms with E-state index in [0.717, 1.165) is 0 Å². The first-order chi connectivity index (χ1) is 5.79. The molecule has 0 aromatic rings. The fourth-order valence-corrected chi connectivity index (χ4v) is 0.609. The molecule has 0 heterocycles. The van der Waals surface area contributed by atoms with Crippen LogP contribution in [-0.4, -0.2) is 24.7 Å². The van der Waals surface area contributed by atoms with Crippen molar-refractivity contribution in [1.82, 2.24) is 0 Å². The number of alkyl halides is 6. The van der Waals surface area contributed by atoms with E-state index in [1.54, 1.807) is 0 Å². The van der Waals surface area contributed by atoms with Crippen molar-refractivity contribution in [3.05, 3.63) is 12.7 Å². The highest BCUT2D eigenvalue weighted by atomic mass is 19.4. The summed E-state index contributed by atoms with van der Waals surface area (Å²) in [4.78, 5) is 0. The van der Waals surface area contributed by atoms with E-state index >= 15 is 0 Å². The lowest BCUT2D eigenvalue weighted by molar-refractivity contribution is -0.186. The molecule has 0 aromatic heterocycles. The Bertz CT molecular complexity index is 163. The van der Waals surface area contributed by atoms with E-state index in [0.29, 0.717) is 6.08 Å². The van der Waals surface area contributed by atoms with Gasteiger partial charge in [0.2, 0.25) is 0 Å². The Kier molecular flexibility index (Phi) is 4.29. The van der Waals surface area contributed by atoms with E-state index in [1.165, 1.54) is 0 Å². The highest BCUT2D eigenvalue weighted by molar-refractivity contribution is 4.87. The summed E-state index contributed by atoms with van der Waals surface area (Å²) in [5, 5.41) is 0. The zero-order valence-electron chi connectivity index (χ0n) is 6.49. The van der Waals surface area contributed by atoms with Crippen LogP contribution in [0.2, 0.25) is 0 Å². The molecule has 0 aliphatic heterocycles. The van der Waals surface area contributed by atoms with Crippen molar-refractivity contribution in [2.24, 2.45) is 0 Å². The summed E-state index contributed by atoms with van der Waals surface area (Å²) in [6.45, 7) is 2.83. The van der Waals surface area contributed by atoms with E-state index in [2.05, 4.69) is 6.58 Å². The molecule has 0 saturated carbocycles. The highest BCUT2D eigenvalue weighted by Crippen LogP contribution is 2.28. The topological polar surface area (TPSA) is 0 Å². The van der Waals surface area contributed by atoms with E-state index < -0.39 is 31.1 Å². The third-order valence-corrected chi connectivity index (χ3v) is 1.36. The minimum atomic E-state index is -5.13. The van der Waals surface area contributed by atoms with Crippen LogP contribution < -0.4 is 0 Å². The molecule has 0 rings (SSSR count). The molecule has 6 heteroatoms. The Labute approximate surface area is 71.2 Å². The number of allylic oxidation sites excluding steroid dienone is 1. The standard InChI is InChI=1S/C7H8F6/c1-2-4(8)5(9)3-6(10)7(11,12)13/h2,4-6H,1,3H2. The molecule has 13 heavy (non-hydrogen) atoms. The predicted molar refractivity (Wildman–Crippen MR) is 35.6 cm³/mol. The van der Waals surface area contributed by atoms with Crippen molar-refractivity contribution in [2.45, 2.75) is 31.1 Å². The van der Waals surface area contributed by atoms with Crippen molar-refractivity contribution >= 4 is 0 Å². The van der Waals surface area contributed by atoms with Gasteiger partial charge in [0.1, 0.15) is 12.3 Å². The first-order valence-electron chi connectivity index (χ1n) is 3.40. The molecule has 0 aromatic carbocycles. The molecule has 0 N–H and O–H groups in total. The molecule has 0 fully saturated rings. The van der Waals surface area contributed by atoms with Gasteiger partial charge in [-0.2, -0.15) is 13.2 Å². The lowest BCUT2D eigenvalue weighted by Crippen LogP contribution is -2.30. The maximum atomic E-state index is 12.4. The van der Waals surface area contributed by atoms with Gasteiger partial charge in [0.15, 0.2) is 6.17 Å². The third kappa shape index (κ3) is 4.19. The first kappa shape index (κ1) is 12.3. The Morgan fingerprint density at radius 3 is 1.92 bits per heavy atom. The molecule has 0 radical (unpaired) electrons. The summed E-state index contributed by atoms with van der Waals surface area (Å²) in [5.41, 5.74) is 0. The molecule has 0 bridgehead atoms. The van der Waals surface area contributed by atoms with Gasteiger partial charge in [-0.3, -0.25) is 0 Å². The van der Waals surface area contributed by atoms with Crippen LogP contribution in [0.1, 0.15) is 6.42 Å². The Morgan fingerprint density at radius 2 is 1.62 bits per heavy atom. The average Bonchev–Trinajstić information content (AvgIpc) is 2.01. The summed E-state index contributed by atoms with van der Waals surface area (Å²) in [7, 11) is 0. The van der Waals surface area contributed by atoms with E-state index in [1.807, 2.05) is 0 Å². The lowest BCUT2D eigenvalue weighted by Gasteiger charge is -2.15. The van der Waals surface area contributed by atoms with Crippen molar-refractivity contribution in [1.29, 1.82) is 0 Å². The van der Waals surface area contributed by atoms with Gasteiger partial charge < -0.3 is 0 Å². The number of hydrogen-bond acceptors (Lipinski definition) is 0. The SMILES string of the molecule is C=CC(F)C(F)CC(F)C(F)(F)F. The largest absolute Gasteiger partial charge is 0.419 e. The first-order valence-corrected chi connectivity index (χ1v) is 3.40. The van der Waals surface area contributed by atoms with Crippen LogP contribution in [0.5, 0.6) is 0 Å². The number of rotatable bonds is 4. The quantitative estimate of drug-likeness (QED) is 0.489. The second-order valence-corrected chi connectivity index (χ2v) is 2.44. The van der Waals surface area contributed by atoms with Crippen LogP contribution in [0.25, 0.3) is 0 Å². The summed E-state index contributed by atoms with van der Waals surface area (Å²) < 4.78 is 71.2. The minimum Gasteiger partial charge on any atom is -0.244 e.